The van der Waals surface area contributed by atoms with Crippen molar-refractivity contribution in [1.82, 2.24) is 10.2 Å². The van der Waals surface area contributed by atoms with Crippen molar-refractivity contribution in [2.24, 2.45) is 0 Å². The third-order valence-electron chi connectivity index (χ3n) is 3.35. The van der Waals surface area contributed by atoms with Crippen LogP contribution in [0.25, 0.3) is 0 Å². The summed E-state index contributed by atoms with van der Waals surface area (Å²) in [7, 11) is 0. The number of aromatic hydroxyl groups is 2. The Labute approximate surface area is 106 Å². The first-order chi connectivity index (χ1) is 8.72. The molecule has 4 nitrogen and oxygen atoms in total. The zero-order valence-corrected chi connectivity index (χ0v) is 10.3. The van der Waals surface area contributed by atoms with E-state index in [0.29, 0.717) is 12.0 Å². The Balaban J connectivity index is 2.24. The van der Waals surface area contributed by atoms with Gasteiger partial charge in [0.1, 0.15) is 11.5 Å². The van der Waals surface area contributed by atoms with Gasteiger partial charge in [-0.05, 0) is 24.6 Å². The number of phenolic OH excluding ortho intramolecular Hbond substituents is 2. The van der Waals surface area contributed by atoms with Crippen LogP contribution in [-0.4, -0.2) is 48.0 Å². The van der Waals surface area contributed by atoms with Gasteiger partial charge in [-0.3, -0.25) is 9.29 Å². The molecular formula is C13H19FN2O2. The lowest BCUT2D eigenvalue weighted by Crippen LogP contribution is -2.45. The van der Waals surface area contributed by atoms with E-state index in [9.17, 15) is 14.6 Å². The fourth-order valence-electron chi connectivity index (χ4n) is 2.44. The molecule has 1 atom stereocenters. The summed E-state index contributed by atoms with van der Waals surface area (Å²) in [5, 5.41) is 22.6. The summed E-state index contributed by atoms with van der Waals surface area (Å²) in [5.41, 5.74) is 0.606. The molecule has 0 radical (unpaired) electrons. The molecule has 18 heavy (non-hydrogen) atoms. The van der Waals surface area contributed by atoms with E-state index in [1.165, 1.54) is 18.2 Å². The number of benzene rings is 1. The van der Waals surface area contributed by atoms with E-state index in [1.54, 1.807) is 0 Å². The molecule has 5 heteroatoms. The highest BCUT2D eigenvalue weighted by atomic mass is 19.1. The lowest BCUT2D eigenvalue weighted by atomic mass is 10.00. The molecule has 0 amide bonds. The van der Waals surface area contributed by atoms with Crippen LogP contribution >= 0.6 is 0 Å². The predicted molar refractivity (Wildman–Crippen MR) is 67.5 cm³/mol. The first-order valence-electron chi connectivity index (χ1n) is 6.25. The number of hydrogen-bond donors (Lipinski definition) is 3. The molecule has 3 N–H and O–H groups in total. The summed E-state index contributed by atoms with van der Waals surface area (Å²) >= 11 is 0. The van der Waals surface area contributed by atoms with Gasteiger partial charge in [0.25, 0.3) is 0 Å². The second kappa shape index (κ2) is 6.02. The maximum Gasteiger partial charge on any atom is 0.120 e. The van der Waals surface area contributed by atoms with Crippen LogP contribution in [0.3, 0.4) is 0 Å². The summed E-state index contributed by atoms with van der Waals surface area (Å²) in [4.78, 5) is 2.14. The zero-order valence-electron chi connectivity index (χ0n) is 10.3. The van der Waals surface area contributed by atoms with E-state index in [1.807, 2.05) is 0 Å². The minimum Gasteiger partial charge on any atom is -0.508 e. The normalized spacial score (nSPS) is 18.7. The molecule has 2 rings (SSSR count). The highest BCUT2D eigenvalue weighted by molar-refractivity contribution is 5.40. The van der Waals surface area contributed by atoms with Crippen molar-refractivity contribution in [3.05, 3.63) is 23.8 Å². The highest BCUT2D eigenvalue weighted by Gasteiger charge is 2.24. The third-order valence-corrected chi connectivity index (χ3v) is 3.35. The molecule has 1 saturated heterocycles. The number of nitrogens with one attached hydrogen (secondary N) is 1. The summed E-state index contributed by atoms with van der Waals surface area (Å²) in [5.74, 6) is 0.214. The van der Waals surface area contributed by atoms with Crippen LogP contribution in [0.5, 0.6) is 11.5 Å². The van der Waals surface area contributed by atoms with E-state index < -0.39 is 6.67 Å². The molecule has 1 aromatic rings. The van der Waals surface area contributed by atoms with Crippen molar-refractivity contribution in [3.63, 3.8) is 0 Å². The minimum atomic E-state index is -0.441. The molecule has 1 aliphatic rings. The van der Waals surface area contributed by atoms with Gasteiger partial charge in [-0.2, -0.15) is 0 Å². The number of hydrogen-bond acceptors (Lipinski definition) is 4. The Morgan fingerprint density at radius 2 is 2.00 bits per heavy atom. The van der Waals surface area contributed by atoms with Crippen molar-refractivity contribution in [1.29, 1.82) is 0 Å². The second-order valence-corrected chi connectivity index (χ2v) is 4.52. The lowest BCUT2D eigenvalue weighted by Gasteiger charge is -2.35. The second-order valence-electron chi connectivity index (χ2n) is 4.52. The van der Waals surface area contributed by atoms with Crippen molar-refractivity contribution in [3.8, 4) is 11.5 Å². The van der Waals surface area contributed by atoms with Gasteiger partial charge in [-0.25, -0.2) is 0 Å². The highest BCUT2D eigenvalue weighted by Crippen LogP contribution is 2.33. The standard InChI is InChI=1S/C13H19FN2O2/c14-4-3-12(16-7-5-15-6-8-16)11-9-10(17)1-2-13(11)18/h1-2,9,12,15,17-18H,3-8H2/t12-/m0/s1. The van der Waals surface area contributed by atoms with E-state index in [0.717, 1.165) is 26.2 Å². The Bertz CT molecular complexity index is 395. The fourth-order valence-corrected chi connectivity index (χ4v) is 2.44. The number of nitrogens with zero attached hydrogens (tertiary/aromatic N) is 1. The van der Waals surface area contributed by atoms with Crippen molar-refractivity contribution in [2.45, 2.75) is 12.5 Å². The van der Waals surface area contributed by atoms with Crippen molar-refractivity contribution in [2.75, 3.05) is 32.9 Å². The quantitative estimate of drug-likeness (QED) is 0.711. The topological polar surface area (TPSA) is 55.7 Å². The number of halogens is 1. The van der Waals surface area contributed by atoms with Crippen molar-refractivity contribution >= 4 is 0 Å². The van der Waals surface area contributed by atoms with Gasteiger partial charge in [0, 0.05) is 37.8 Å². The molecule has 0 aliphatic carbocycles. The number of alkyl halides is 1. The lowest BCUT2D eigenvalue weighted by molar-refractivity contribution is 0.155. The monoisotopic (exact) mass is 254 g/mol. The summed E-state index contributed by atoms with van der Waals surface area (Å²) in [6.07, 6.45) is 0.330. The van der Waals surface area contributed by atoms with Gasteiger partial charge in [0.05, 0.1) is 6.67 Å². The molecule has 0 unspecified atom stereocenters. The Morgan fingerprint density at radius 3 is 2.67 bits per heavy atom. The van der Waals surface area contributed by atoms with Gasteiger partial charge in [-0.1, -0.05) is 0 Å². The number of phenols is 2. The molecule has 0 saturated carbocycles. The average molecular weight is 254 g/mol. The zero-order chi connectivity index (χ0) is 13.0. The van der Waals surface area contributed by atoms with Crippen LogP contribution in [0, 0.1) is 0 Å². The fraction of sp³-hybridized carbons (Fsp3) is 0.538. The van der Waals surface area contributed by atoms with Crippen molar-refractivity contribution < 1.29 is 14.6 Å². The van der Waals surface area contributed by atoms with Crippen LogP contribution < -0.4 is 5.32 Å². The molecule has 1 heterocycles. The van der Waals surface area contributed by atoms with Crippen LogP contribution in [0.1, 0.15) is 18.0 Å². The van der Waals surface area contributed by atoms with Crippen LogP contribution in [0.15, 0.2) is 18.2 Å². The number of piperazine rings is 1. The molecule has 1 fully saturated rings. The van der Waals surface area contributed by atoms with Crippen LogP contribution in [0.4, 0.5) is 4.39 Å². The number of rotatable bonds is 4. The minimum absolute atomic E-state index is 0.0989. The molecular weight excluding hydrogens is 235 g/mol. The van der Waals surface area contributed by atoms with E-state index in [4.69, 9.17) is 0 Å². The van der Waals surface area contributed by atoms with E-state index >= 15 is 0 Å². The first kappa shape index (κ1) is 13.1. The maximum absolute atomic E-state index is 12.7. The summed E-state index contributed by atoms with van der Waals surface area (Å²) < 4.78 is 12.7. The Kier molecular flexibility index (Phi) is 4.38. The molecule has 0 bridgehead atoms. The summed E-state index contributed by atoms with van der Waals surface area (Å²) in [6.45, 7) is 2.92. The molecule has 1 aliphatic heterocycles. The maximum atomic E-state index is 12.7. The predicted octanol–water partition coefficient (Wildman–Crippen LogP) is 1.40. The largest absolute Gasteiger partial charge is 0.508 e. The van der Waals surface area contributed by atoms with E-state index in [2.05, 4.69) is 10.2 Å². The Morgan fingerprint density at radius 1 is 1.28 bits per heavy atom. The molecule has 1 aromatic carbocycles. The molecule has 0 spiro atoms. The molecule has 0 aromatic heterocycles. The first-order valence-corrected chi connectivity index (χ1v) is 6.25. The van der Waals surface area contributed by atoms with Gasteiger partial charge >= 0.3 is 0 Å². The SMILES string of the molecule is Oc1ccc(O)c([C@H](CCF)N2CCNCC2)c1. The van der Waals surface area contributed by atoms with Crippen LogP contribution in [0.2, 0.25) is 0 Å². The Hall–Kier alpha value is -1.33. The van der Waals surface area contributed by atoms with E-state index in [-0.39, 0.29) is 17.5 Å². The van der Waals surface area contributed by atoms with Gasteiger partial charge in [0.15, 0.2) is 0 Å². The van der Waals surface area contributed by atoms with Gasteiger partial charge < -0.3 is 15.5 Å². The van der Waals surface area contributed by atoms with Crippen LogP contribution in [-0.2, 0) is 0 Å². The van der Waals surface area contributed by atoms with Gasteiger partial charge in [-0.15, -0.1) is 0 Å². The van der Waals surface area contributed by atoms with Gasteiger partial charge in [0.2, 0.25) is 0 Å². The average Bonchev–Trinajstić information content (AvgIpc) is 2.40. The molecule has 100 valence electrons. The summed E-state index contributed by atoms with van der Waals surface area (Å²) in [6, 6.07) is 4.24. The smallest absolute Gasteiger partial charge is 0.120 e. The third kappa shape index (κ3) is 2.91.